The second kappa shape index (κ2) is 6.34. The highest BCUT2D eigenvalue weighted by molar-refractivity contribution is 8.00. The molecule has 0 bridgehead atoms. The fourth-order valence-corrected chi connectivity index (χ4v) is 3.79. The zero-order valence-electron chi connectivity index (χ0n) is 11.8. The Labute approximate surface area is 136 Å². The van der Waals surface area contributed by atoms with Crippen LogP contribution in [-0.2, 0) is 0 Å². The molecule has 1 aromatic carbocycles. The number of rotatable bonds is 4. The molecule has 22 heavy (non-hydrogen) atoms. The van der Waals surface area contributed by atoms with E-state index < -0.39 is 5.97 Å². The fourth-order valence-electron chi connectivity index (χ4n) is 2.22. The molecular formula is C17H13NO2S2. The number of hydrogen-bond acceptors (Lipinski definition) is 4. The Morgan fingerprint density at radius 2 is 1.86 bits per heavy atom. The van der Waals surface area contributed by atoms with E-state index in [-0.39, 0.29) is 0 Å². The quantitative estimate of drug-likeness (QED) is 0.693. The highest BCUT2D eigenvalue weighted by Gasteiger charge is 2.16. The SMILES string of the molecule is CSc1cc(-c2ccc(-c3cccnc3)cc2)c(C(=O)O)s1. The largest absolute Gasteiger partial charge is 0.477 e. The average Bonchev–Trinajstić information content (AvgIpc) is 3.00. The van der Waals surface area contributed by atoms with Gasteiger partial charge in [0.25, 0.3) is 0 Å². The van der Waals surface area contributed by atoms with Crippen LogP contribution in [0.4, 0.5) is 0 Å². The van der Waals surface area contributed by atoms with E-state index in [9.17, 15) is 9.90 Å². The number of benzene rings is 1. The molecule has 0 radical (unpaired) electrons. The third-order valence-electron chi connectivity index (χ3n) is 3.30. The first-order chi connectivity index (χ1) is 10.7. The van der Waals surface area contributed by atoms with Crippen molar-refractivity contribution in [3.8, 4) is 22.3 Å². The summed E-state index contributed by atoms with van der Waals surface area (Å²) in [5, 5.41) is 9.36. The Hall–Kier alpha value is -2.11. The minimum Gasteiger partial charge on any atom is -0.477 e. The van der Waals surface area contributed by atoms with Crippen molar-refractivity contribution >= 4 is 29.1 Å². The van der Waals surface area contributed by atoms with Crippen LogP contribution in [0.3, 0.4) is 0 Å². The zero-order chi connectivity index (χ0) is 15.5. The van der Waals surface area contributed by atoms with Crippen LogP contribution in [-0.4, -0.2) is 22.3 Å². The summed E-state index contributed by atoms with van der Waals surface area (Å²) >= 11 is 2.88. The molecule has 0 aliphatic rings. The molecular weight excluding hydrogens is 314 g/mol. The highest BCUT2D eigenvalue weighted by Crippen LogP contribution is 2.36. The van der Waals surface area contributed by atoms with Gasteiger partial charge in [0.2, 0.25) is 0 Å². The molecule has 0 aliphatic heterocycles. The summed E-state index contributed by atoms with van der Waals surface area (Å²) in [6.45, 7) is 0. The number of thioether (sulfide) groups is 1. The maximum Gasteiger partial charge on any atom is 0.346 e. The van der Waals surface area contributed by atoms with Crippen LogP contribution in [0.1, 0.15) is 9.67 Å². The van der Waals surface area contributed by atoms with Crippen molar-refractivity contribution in [3.05, 3.63) is 59.7 Å². The lowest BCUT2D eigenvalue weighted by molar-refractivity contribution is 0.0703. The molecule has 0 spiro atoms. The van der Waals surface area contributed by atoms with Crippen LogP contribution < -0.4 is 0 Å². The monoisotopic (exact) mass is 327 g/mol. The van der Waals surface area contributed by atoms with E-state index in [1.165, 1.54) is 11.3 Å². The smallest absolute Gasteiger partial charge is 0.346 e. The molecule has 0 fully saturated rings. The topological polar surface area (TPSA) is 50.2 Å². The van der Waals surface area contributed by atoms with Crippen LogP contribution in [0.5, 0.6) is 0 Å². The number of hydrogen-bond donors (Lipinski definition) is 1. The van der Waals surface area contributed by atoms with Crippen molar-refractivity contribution in [3.63, 3.8) is 0 Å². The number of thiophene rings is 1. The minimum atomic E-state index is -0.878. The molecule has 0 saturated heterocycles. The van der Waals surface area contributed by atoms with Gasteiger partial charge >= 0.3 is 5.97 Å². The molecule has 0 unspecified atom stereocenters. The number of aromatic nitrogens is 1. The normalized spacial score (nSPS) is 10.6. The lowest BCUT2D eigenvalue weighted by atomic mass is 10.0. The van der Waals surface area contributed by atoms with E-state index in [1.54, 1.807) is 18.0 Å². The van der Waals surface area contributed by atoms with Crippen molar-refractivity contribution in [2.45, 2.75) is 4.21 Å². The van der Waals surface area contributed by atoms with E-state index >= 15 is 0 Å². The molecule has 0 aliphatic carbocycles. The first kappa shape index (κ1) is 14.8. The second-order valence-corrected chi connectivity index (χ2v) is 6.80. The van der Waals surface area contributed by atoms with Gasteiger partial charge in [-0.2, -0.15) is 0 Å². The third-order valence-corrected chi connectivity index (χ3v) is 5.48. The molecule has 3 nitrogen and oxygen atoms in total. The van der Waals surface area contributed by atoms with Crippen LogP contribution in [0.25, 0.3) is 22.3 Å². The number of pyridine rings is 1. The van der Waals surface area contributed by atoms with Crippen molar-refractivity contribution in [1.29, 1.82) is 0 Å². The zero-order valence-corrected chi connectivity index (χ0v) is 13.4. The predicted octanol–water partition coefficient (Wildman–Crippen LogP) is 4.90. The summed E-state index contributed by atoms with van der Waals surface area (Å²) < 4.78 is 1.00. The third kappa shape index (κ3) is 2.91. The fraction of sp³-hybridized carbons (Fsp3) is 0.0588. The van der Waals surface area contributed by atoms with Gasteiger partial charge in [0.05, 0.1) is 4.21 Å². The standard InChI is InChI=1S/C17H13NO2S2/c1-21-15-9-14(16(22-15)17(19)20)12-6-4-11(5-7-12)13-3-2-8-18-10-13/h2-10H,1H3,(H,19,20). The van der Waals surface area contributed by atoms with E-state index in [0.717, 1.165) is 26.5 Å². The van der Waals surface area contributed by atoms with Gasteiger partial charge in [-0.15, -0.1) is 23.1 Å². The van der Waals surface area contributed by atoms with Crippen molar-refractivity contribution in [2.75, 3.05) is 6.26 Å². The Morgan fingerprint density at radius 1 is 1.14 bits per heavy atom. The average molecular weight is 327 g/mol. The Kier molecular flexibility index (Phi) is 4.27. The molecule has 0 amide bonds. The molecule has 2 aromatic heterocycles. The lowest BCUT2D eigenvalue weighted by Gasteiger charge is -2.04. The van der Waals surface area contributed by atoms with Gasteiger partial charge in [0, 0.05) is 18.0 Å². The molecule has 110 valence electrons. The molecule has 2 heterocycles. The molecule has 3 aromatic rings. The maximum absolute atomic E-state index is 11.4. The number of aromatic carboxylic acids is 1. The van der Waals surface area contributed by atoms with Gasteiger partial charge in [-0.1, -0.05) is 30.3 Å². The van der Waals surface area contributed by atoms with Crippen molar-refractivity contribution in [2.24, 2.45) is 0 Å². The number of carbonyl (C=O) groups is 1. The Bertz CT molecular complexity index is 795. The van der Waals surface area contributed by atoms with Crippen molar-refractivity contribution in [1.82, 2.24) is 4.98 Å². The molecule has 5 heteroatoms. The van der Waals surface area contributed by atoms with Crippen LogP contribution in [0, 0.1) is 0 Å². The predicted molar refractivity (Wildman–Crippen MR) is 91.7 cm³/mol. The van der Waals surface area contributed by atoms with Crippen LogP contribution in [0.15, 0.2) is 59.1 Å². The van der Waals surface area contributed by atoms with Gasteiger partial charge in [-0.25, -0.2) is 4.79 Å². The summed E-state index contributed by atoms with van der Waals surface area (Å²) in [5.41, 5.74) is 3.80. The maximum atomic E-state index is 11.4. The molecule has 1 N–H and O–H groups in total. The van der Waals surface area contributed by atoms with E-state index in [2.05, 4.69) is 4.98 Å². The van der Waals surface area contributed by atoms with Crippen LogP contribution >= 0.6 is 23.1 Å². The number of carboxylic acids is 1. The van der Waals surface area contributed by atoms with E-state index in [4.69, 9.17) is 0 Å². The van der Waals surface area contributed by atoms with Gasteiger partial charge < -0.3 is 5.11 Å². The summed E-state index contributed by atoms with van der Waals surface area (Å²) in [6.07, 6.45) is 5.51. The first-order valence-electron chi connectivity index (χ1n) is 6.61. The minimum absolute atomic E-state index is 0.387. The van der Waals surface area contributed by atoms with E-state index in [0.29, 0.717) is 4.88 Å². The summed E-state index contributed by atoms with van der Waals surface area (Å²) in [5.74, 6) is -0.878. The number of nitrogens with zero attached hydrogens (tertiary/aromatic N) is 1. The summed E-state index contributed by atoms with van der Waals surface area (Å²) in [4.78, 5) is 15.9. The van der Waals surface area contributed by atoms with Gasteiger partial charge in [-0.05, 0) is 35.1 Å². The second-order valence-electron chi connectivity index (χ2n) is 4.64. The van der Waals surface area contributed by atoms with Crippen LogP contribution in [0.2, 0.25) is 0 Å². The molecule has 0 atom stereocenters. The Balaban J connectivity index is 2.00. The lowest BCUT2D eigenvalue weighted by Crippen LogP contribution is -1.94. The number of carboxylic acid groups (broad SMARTS) is 1. The summed E-state index contributed by atoms with van der Waals surface area (Å²) in [6, 6.07) is 13.7. The molecule has 0 saturated carbocycles. The highest BCUT2D eigenvalue weighted by atomic mass is 32.2. The van der Waals surface area contributed by atoms with E-state index in [1.807, 2.05) is 54.9 Å². The summed E-state index contributed by atoms with van der Waals surface area (Å²) in [7, 11) is 0. The van der Waals surface area contributed by atoms with Gasteiger partial charge in [-0.3, -0.25) is 4.98 Å². The first-order valence-corrected chi connectivity index (χ1v) is 8.65. The van der Waals surface area contributed by atoms with Gasteiger partial charge in [0.1, 0.15) is 4.88 Å². The van der Waals surface area contributed by atoms with Gasteiger partial charge in [0.15, 0.2) is 0 Å². The Morgan fingerprint density at radius 3 is 2.45 bits per heavy atom. The van der Waals surface area contributed by atoms with Crippen molar-refractivity contribution < 1.29 is 9.90 Å². The molecule has 3 rings (SSSR count).